The zero-order valence-corrected chi connectivity index (χ0v) is 17.1. The number of para-hydroxylation sites is 1. The van der Waals surface area contributed by atoms with Gasteiger partial charge in [0.05, 0.1) is 17.0 Å². The van der Waals surface area contributed by atoms with E-state index in [4.69, 9.17) is 4.98 Å². The highest BCUT2D eigenvalue weighted by molar-refractivity contribution is 8.00. The summed E-state index contributed by atoms with van der Waals surface area (Å²) in [7, 11) is 0. The van der Waals surface area contributed by atoms with E-state index in [1.807, 2.05) is 23.6 Å². The molecule has 136 valence electrons. The Hall–Kier alpha value is -1.92. The SMILES string of the molecule is CCc1cc2ccccc2nc1SCC(=O)Nc1nc(C(C)(C)C)cs1. The minimum absolute atomic E-state index is 0.0146. The lowest BCUT2D eigenvalue weighted by Gasteiger charge is -2.14. The second-order valence-corrected chi connectivity index (χ2v) is 8.95. The van der Waals surface area contributed by atoms with Gasteiger partial charge in [0.15, 0.2) is 5.13 Å². The van der Waals surface area contributed by atoms with Gasteiger partial charge in [-0.05, 0) is 24.1 Å². The first-order chi connectivity index (χ1) is 12.4. The van der Waals surface area contributed by atoms with Crippen LogP contribution in [0.5, 0.6) is 0 Å². The Morgan fingerprint density at radius 3 is 2.69 bits per heavy atom. The number of amides is 1. The molecule has 0 spiro atoms. The number of pyridine rings is 1. The number of benzene rings is 1. The zero-order valence-electron chi connectivity index (χ0n) is 15.5. The van der Waals surface area contributed by atoms with Crippen molar-refractivity contribution in [3.05, 3.63) is 47.0 Å². The molecule has 4 nitrogen and oxygen atoms in total. The van der Waals surface area contributed by atoms with Gasteiger partial charge in [-0.15, -0.1) is 11.3 Å². The Labute approximate surface area is 162 Å². The Bertz CT molecular complexity index is 928. The number of carbonyl (C=O) groups excluding carboxylic acids is 1. The van der Waals surface area contributed by atoms with Gasteiger partial charge in [0.1, 0.15) is 5.03 Å². The van der Waals surface area contributed by atoms with Crippen LogP contribution < -0.4 is 5.32 Å². The molecule has 1 amide bonds. The van der Waals surface area contributed by atoms with Gasteiger partial charge in [-0.2, -0.15) is 0 Å². The lowest BCUT2D eigenvalue weighted by Crippen LogP contribution is -2.15. The van der Waals surface area contributed by atoms with Gasteiger partial charge < -0.3 is 5.32 Å². The molecule has 0 bridgehead atoms. The Kier molecular flexibility index (Phi) is 5.63. The summed E-state index contributed by atoms with van der Waals surface area (Å²) in [5.74, 6) is 0.268. The molecule has 0 atom stereocenters. The van der Waals surface area contributed by atoms with Crippen molar-refractivity contribution >= 4 is 45.0 Å². The fourth-order valence-corrected chi connectivity index (χ4v) is 4.33. The van der Waals surface area contributed by atoms with Gasteiger partial charge in [-0.25, -0.2) is 9.97 Å². The fraction of sp³-hybridized carbons (Fsp3) is 0.350. The number of hydrogen-bond donors (Lipinski definition) is 1. The van der Waals surface area contributed by atoms with Crippen LogP contribution in [0.1, 0.15) is 39.0 Å². The maximum atomic E-state index is 12.3. The molecule has 3 aromatic rings. The molecule has 2 heterocycles. The second-order valence-electron chi connectivity index (χ2n) is 7.12. The van der Waals surface area contributed by atoms with E-state index in [9.17, 15) is 4.79 Å². The average molecular weight is 386 g/mol. The minimum Gasteiger partial charge on any atom is -0.301 e. The van der Waals surface area contributed by atoms with E-state index in [1.54, 1.807) is 0 Å². The highest BCUT2D eigenvalue weighted by Crippen LogP contribution is 2.28. The zero-order chi connectivity index (χ0) is 18.7. The van der Waals surface area contributed by atoms with Crippen molar-refractivity contribution in [3.8, 4) is 0 Å². The second kappa shape index (κ2) is 7.76. The molecule has 1 aromatic carbocycles. The van der Waals surface area contributed by atoms with Gasteiger partial charge in [0, 0.05) is 16.2 Å². The van der Waals surface area contributed by atoms with E-state index in [1.165, 1.54) is 28.7 Å². The Balaban J connectivity index is 1.67. The summed E-state index contributed by atoms with van der Waals surface area (Å²) in [6, 6.07) is 10.2. The third-order valence-electron chi connectivity index (χ3n) is 4.00. The lowest BCUT2D eigenvalue weighted by molar-refractivity contribution is -0.113. The number of thiazole rings is 1. The van der Waals surface area contributed by atoms with Gasteiger partial charge in [0.25, 0.3) is 0 Å². The number of nitrogens with zero attached hydrogens (tertiary/aromatic N) is 2. The summed E-state index contributed by atoms with van der Waals surface area (Å²) in [5, 5.41) is 7.62. The number of rotatable bonds is 5. The molecule has 1 N–H and O–H groups in total. The van der Waals surface area contributed by atoms with Crippen molar-refractivity contribution in [2.75, 3.05) is 11.1 Å². The summed E-state index contributed by atoms with van der Waals surface area (Å²) in [5.41, 5.74) is 3.11. The topological polar surface area (TPSA) is 54.9 Å². The van der Waals surface area contributed by atoms with Crippen LogP contribution in [-0.4, -0.2) is 21.6 Å². The summed E-state index contributed by atoms with van der Waals surface area (Å²) in [4.78, 5) is 21.6. The van der Waals surface area contributed by atoms with Crippen molar-refractivity contribution in [1.29, 1.82) is 0 Å². The van der Waals surface area contributed by atoms with E-state index in [0.29, 0.717) is 10.9 Å². The van der Waals surface area contributed by atoms with Gasteiger partial charge in [-0.1, -0.05) is 57.7 Å². The fourth-order valence-electron chi connectivity index (χ4n) is 2.49. The third kappa shape index (κ3) is 4.43. The summed E-state index contributed by atoms with van der Waals surface area (Å²) < 4.78 is 0. The maximum absolute atomic E-state index is 12.3. The van der Waals surface area contributed by atoms with Crippen molar-refractivity contribution in [2.45, 2.75) is 44.6 Å². The molecular weight excluding hydrogens is 362 g/mol. The maximum Gasteiger partial charge on any atom is 0.236 e. The lowest BCUT2D eigenvalue weighted by atomic mass is 9.93. The molecule has 0 saturated carbocycles. The number of aromatic nitrogens is 2. The molecule has 0 radical (unpaired) electrons. The van der Waals surface area contributed by atoms with Crippen LogP contribution in [0.15, 0.2) is 40.7 Å². The van der Waals surface area contributed by atoms with Crippen LogP contribution in [0.3, 0.4) is 0 Å². The number of fused-ring (bicyclic) bond motifs is 1. The van der Waals surface area contributed by atoms with Crippen LogP contribution in [0.2, 0.25) is 0 Å². The molecular formula is C20H23N3OS2. The summed E-state index contributed by atoms with van der Waals surface area (Å²) >= 11 is 2.95. The van der Waals surface area contributed by atoms with Crippen LogP contribution >= 0.6 is 23.1 Å². The molecule has 0 unspecified atom stereocenters. The largest absolute Gasteiger partial charge is 0.301 e. The number of carbonyl (C=O) groups is 1. The molecule has 3 rings (SSSR count). The first-order valence-corrected chi connectivity index (χ1v) is 10.5. The summed E-state index contributed by atoms with van der Waals surface area (Å²) in [6.07, 6.45) is 0.892. The molecule has 26 heavy (non-hydrogen) atoms. The first kappa shape index (κ1) is 18.9. The van der Waals surface area contributed by atoms with Crippen molar-refractivity contribution in [3.63, 3.8) is 0 Å². The standard InChI is InChI=1S/C20H23N3OS2/c1-5-13-10-14-8-6-7-9-15(14)21-18(13)25-12-17(24)23-19-22-16(11-26-19)20(2,3)4/h6-11H,5,12H2,1-4H3,(H,22,23,24). The predicted molar refractivity (Wildman–Crippen MR) is 111 cm³/mol. The van der Waals surface area contributed by atoms with Crippen LogP contribution in [0.4, 0.5) is 5.13 Å². The van der Waals surface area contributed by atoms with Crippen LogP contribution in [0, 0.1) is 0 Å². The van der Waals surface area contributed by atoms with Gasteiger partial charge in [-0.3, -0.25) is 4.79 Å². The number of aryl methyl sites for hydroxylation is 1. The van der Waals surface area contributed by atoms with Crippen molar-refractivity contribution in [2.24, 2.45) is 0 Å². The number of anilines is 1. The number of nitrogens with one attached hydrogen (secondary N) is 1. The van der Waals surface area contributed by atoms with Crippen molar-refractivity contribution in [1.82, 2.24) is 9.97 Å². The van der Waals surface area contributed by atoms with E-state index in [-0.39, 0.29) is 11.3 Å². The predicted octanol–water partition coefficient (Wildman–Crippen LogP) is 5.28. The molecule has 0 aliphatic heterocycles. The average Bonchev–Trinajstić information content (AvgIpc) is 3.08. The van der Waals surface area contributed by atoms with Crippen molar-refractivity contribution < 1.29 is 4.79 Å². The molecule has 2 aromatic heterocycles. The molecule has 0 saturated heterocycles. The van der Waals surface area contributed by atoms with Gasteiger partial charge in [0.2, 0.25) is 5.91 Å². The van der Waals surface area contributed by atoms with E-state index in [0.717, 1.165) is 28.0 Å². The van der Waals surface area contributed by atoms with Gasteiger partial charge >= 0.3 is 0 Å². The molecule has 6 heteroatoms. The quantitative estimate of drug-likeness (QED) is 0.607. The smallest absolute Gasteiger partial charge is 0.236 e. The summed E-state index contributed by atoms with van der Waals surface area (Å²) in [6.45, 7) is 8.45. The Morgan fingerprint density at radius 2 is 2.00 bits per heavy atom. The minimum atomic E-state index is -0.0539. The highest BCUT2D eigenvalue weighted by Gasteiger charge is 2.18. The number of thioether (sulfide) groups is 1. The Morgan fingerprint density at radius 1 is 1.23 bits per heavy atom. The van der Waals surface area contributed by atoms with E-state index in [2.05, 4.69) is 50.1 Å². The van der Waals surface area contributed by atoms with Crippen LogP contribution in [0.25, 0.3) is 10.9 Å². The highest BCUT2D eigenvalue weighted by atomic mass is 32.2. The number of hydrogen-bond acceptors (Lipinski definition) is 5. The first-order valence-electron chi connectivity index (χ1n) is 8.64. The molecule has 0 aliphatic carbocycles. The van der Waals surface area contributed by atoms with E-state index >= 15 is 0 Å². The molecule has 0 aliphatic rings. The monoisotopic (exact) mass is 385 g/mol. The normalized spacial score (nSPS) is 11.7. The third-order valence-corrected chi connectivity index (χ3v) is 5.79. The van der Waals surface area contributed by atoms with Crippen LogP contribution in [-0.2, 0) is 16.6 Å². The van der Waals surface area contributed by atoms with E-state index < -0.39 is 0 Å². The molecule has 0 fully saturated rings.